The second kappa shape index (κ2) is 14.6. The fourth-order valence-corrected chi connectivity index (χ4v) is 9.15. The normalized spacial score (nSPS) is 19.1. The fraction of sp³-hybridized carbons (Fsp3) is 0.107. The monoisotopic (exact) mass is 716 g/mol. The van der Waals surface area contributed by atoms with E-state index in [1.54, 1.807) is 0 Å². The van der Waals surface area contributed by atoms with Crippen LogP contribution in [0.3, 0.4) is 0 Å². The zero-order valence-electron chi connectivity index (χ0n) is 31.7. The second-order valence-electron chi connectivity index (χ2n) is 15.6. The molecule has 0 spiro atoms. The summed E-state index contributed by atoms with van der Waals surface area (Å²) < 4.78 is 0. The van der Waals surface area contributed by atoms with Crippen LogP contribution in [-0.4, -0.2) is 0 Å². The van der Waals surface area contributed by atoms with Gasteiger partial charge in [0.25, 0.3) is 0 Å². The van der Waals surface area contributed by atoms with Crippen LogP contribution >= 0.6 is 0 Å². The summed E-state index contributed by atoms with van der Waals surface area (Å²) in [4.78, 5) is 0. The van der Waals surface area contributed by atoms with E-state index in [1.807, 2.05) is 0 Å². The smallest absolute Gasteiger partial charge is 0.0364 e. The molecular weight excluding hydrogens is 673 g/mol. The zero-order chi connectivity index (χ0) is 37.4. The molecule has 0 bridgehead atoms. The summed E-state index contributed by atoms with van der Waals surface area (Å²) >= 11 is 0. The first-order valence-corrected chi connectivity index (χ1v) is 20.0. The zero-order valence-corrected chi connectivity index (χ0v) is 31.7. The van der Waals surface area contributed by atoms with Gasteiger partial charge in [0.2, 0.25) is 0 Å². The summed E-state index contributed by atoms with van der Waals surface area (Å²) in [6.45, 7) is 2.18. The summed E-state index contributed by atoms with van der Waals surface area (Å²) in [5, 5.41) is 0. The molecule has 1 atom stereocenters. The average Bonchev–Trinajstić information content (AvgIpc) is 4.11. The molecule has 0 heteroatoms. The molecular formula is C56H44. The maximum atomic E-state index is 2.39. The Balaban J connectivity index is 1.23. The second-order valence-corrected chi connectivity index (χ2v) is 15.6. The van der Waals surface area contributed by atoms with Crippen LogP contribution in [0.25, 0.3) is 22.3 Å². The first kappa shape index (κ1) is 34.0. The minimum atomic E-state index is 0.00397. The molecule has 0 heterocycles. The first-order valence-electron chi connectivity index (χ1n) is 20.0. The fourth-order valence-electron chi connectivity index (χ4n) is 9.15. The molecule has 5 aromatic carbocycles. The quantitative estimate of drug-likeness (QED) is 0.142. The Morgan fingerprint density at radius 3 is 0.839 bits per heavy atom. The Labute approximate surface area is 331 Å². The van der Waals surface area contributed by atoms with Crippen molar-refractivity contribution in [2.75, 3.05) is 0 Å². The largest absolute Gasteiger partial charge is 0.0732 e. The summed E-state index contributed by atoms with van der Waals surface area (Å²) in [6.07, 6.45) is 35.5. The molecule has 5 aliphatic carbocycles. The highest BCUT2D eigenvalue weighted by molar-refractivity contribution is 6.29. The first-order chi connectivity index (χ1) is 27.7. The van der Waals surface area contributed by atoms with Crippen LogP contribution < -0.4 is 0 Å². The third-order valence-electron chi connectivity index (χ3n) is 12.2. The van der Waals surface area contributed by atoms with E-state index in [-0.39, 0.29) is 5.92 Å². The third-order valence-corrected chi connectivity index (χ3v) is 12.2. The van der Waals surface area contributed by atoms with Gasteiger partial charge in [-0.2, -0.15) is 0 Å². The van der Waals surface area contributed by atoms with Crippen molar-refractivity contribution < 1.29 is 0 Å². The molecule has 5 aliphatic rings. The van der Waals surface area contributed by atoms with Gasteiger partial charge in [-0.05, 0) is 79.3 Å². The summed E-state index contributed by atoms with van der Waals surface area (Å²) in [6, 6.07) is 46.9. The lowest BCUT2D eigenvalue weighted by molar-refractivity contribution is 1.08. The van der Waals surface area contributed by atoms with Gasteiger partial charge in [0.1, 0.15) is 0 Å². The van der Waals surface area contributed by atoms with E-state index in [2.05, 4.69) is 225 Å². The maximum Gasteiger partial charge on any atom is 0.0364 e. The predicted octanol–water partition coefficient (Wildman–Crippen LogP) is 14.2. The molecule has 268 valence electrons. The molecule has 10 rings (SSSR count). The number of hydrogen-bond donors (Lipinski definition) is 0. The third kappa shape index (κ3) is 6.32. The summed E-state index contributed by atoms with van der Waals surface area (Å²) in [5.74, 6) is 1.26. The van der Waals surface area contributed by atoms with Crippen LogP contribution in [-0.2, 0) is 0 Å². The highest BCUT2D eigenvalue weighted by atomic mass is 14.4. The summed E-state index contributed by atoms with van der Waals surface area (Å²) in [7, 11) is 0. The Hall–Kier alpha value is -6.50. The van der Waals surface area contributed by atoms with Crippen molar-refractivity contribution in [1.82, 2.24) is 0 Å². The molecule has 0 radical (unpaired) electrons. The van der Waals surface area contributed by atoms with Crippen molar-refractivity contribution in [2.24, 2.45) is 0 Å². The van der Waals surface area contributed by atoms with Gasteiger partial charge >= 0.3 is 0 Å². The lowest BCUT2D eigenvalue weighted by Gasteiger charge is -2.23. The van der Waals surface area contributed by atoms with Gasteiger partial charge in [0, 0.05) is 29.6 Å². The van der Waals surface area contributed by atoms with E-state index in [0.717, 1.165) is 0 Å². The van der Waals surface area contributed by atoms with Crippen molar-refractivity contribution in [3.63, 3.8) is 0 Å². The van der Waals surface area contributed by atoms with E-state index in [1.165, 1.54) is 77.9 Å². The van der Waals surface area contributed by atoms with Gasteiger partial charge in [-0.1, -0.05) is 224 Å². The molecule has 0 saturated carbocycles. The number of benzene rings is 5. The summed E-state index contributed by atoms with van der Waals surface area (Å²) in [5.41, 5.74) is 18.2. The van der Waals surface area contributed by atoms with Crippen LogP contribution in [0.5, 0.6) is 0 Å². The number of rotatable bonds is 9. The minimum absolute atomic E-state index is 0.00397. The lowest BCUT2D eigenvalue weighted by atomic mass is 9.80. The maximum absolute atomic E-state index is 2.39. The predicted molar refractivity (Wildman–Crippen MR) is 237 cm³/mol. The van der Waals surface area contributed by atoms with E-state index < -0.39 is 0 Å². The molecule has 0 aromatic heterocycles. The molecule has 0 N–H and O–H groups in total. The van der Waals surface area contributed by atoms with Crippen LogP contribution in [0.2, 0.25) is 0 Å². The molecule has 1 unspecified atom stereocenters. The van der Waals surface area contributed by atoms with Crippen LogP contribution in [0.1, 0.15) is 85.2 Å². The van der Waals surface area contributed by atoms with Gasteiger partial charge in [-0.25, -0.2) is 0 Å². The SMILES string of the molecule is Cc1ccc(C2=C(c3ccc(C4C=CC=C4)cc3)C(c3ccc(C4C=CC=C4)cc3)=C(c3ccc(C4C=CC=C4)cc3)C2c2ccc(C3C=CC=C3)cc2)cc1. The van der Waals surface area contributed by atoms with E-state index in [4.69, 9.17) is 0 Å². The molecule has 0 saturated heterocycles. The lowest BCUT2D eigenvalue weighted by Crippen LogP contribution is -2.04. The molecule has 0 amide bonds. The Morgan fingerprint density at radius 1 is 0.268 bits per heavy atom. The van der Waals surface area contributed by atoms with Gasteiger partial charge in [0.05, 0.1) is 0 Å². The Bertz CT molecular complexity index is 2540. The highest BCUT2D eigenvalue weighted by Crippen LogP contribution is 2.59. The van der Waals surface area contributed by atoms with Crippen molar-refractivity contribution in [3.05, 3.63) is 274 Å². The van der Waals surface area contributed by atoms with Crippen molar-refractivity contribution in [2.45, 2.75) is 36.5 Å². The van der Waals surface area contributed by atoms with E-state index >= 15 is 0 Å². The molecule has 56 heavy (non-hydrogen) atoms. The molecule has 0 aliphatic heterocycles. The van der Waals surface area contributed by atoms with Crippen LogP contribution in [0, 0.1) is 6.92 Å². The van der Waals surface area contributed by atoms with Gasteiger partial charge < -0.3 is 0 Å². The van der Waals surface area contributed by atoms with E-state index in [9.17, 15) is 0 Å². The standard InChI is InChI=1S/C56H44/c1-38-18-20-47(21-19-38)52-53(48-30-22-43(23-31-48)39-10-2-3-11-39)55(50-34-26-45(27-35-50)41-14-6-7-15-41)56(51-36-28-46(29-37-51)42-16-8-9-17-42)54(52)49-32-24-44(25-33-49)40-12-4-5-13-40/h2-37,39-42,53H,1H3. The van der Waals surface area contributed by atoms with E-state index in [0.29, 0.717) is 23.7 Å². The van der Waals surface area contributed by atoms with Crippen molar-refractivity contribution in [3.8, 4) is 0 Å². The molecule has 0 fully saturated rings. The topological polar surface area (TPSA) is 0 Å². The van der Waals surface area contributed by atoms with Gasteiger partial charge in [-0.15, -0.1) is 0 Å². The number of allylic oxidation sites excluding steroid dienone is 20. The van der Waals surface area contributed by atoms with Gasteiger partial charge in [0.15, 0.2) is 0 Å². The Morgan fingerprint density at radius 2 is 0.518 bits per heavy atom. The number of hydrogen-bond acceptors (Lipinski definition) is 0. The van der Waals surface area contributed by atoms with Crippen molar-refractivity contribution in [1.29, 1.82) is 0 Å². The Kier molecular flexibility index (Phi) is 8.89. The van der Waals surface area contributed by atoms with Crippen molar-refractivity contribution >= 4 is 22.3 Å². The highest BCUT2D eigenvalue weighted by Gasteiger charge is 2.38. The molecule has 5 aromatic rings. The van der Waals surface area contributed by atoms with Gasteiger partial charge in [-0.3, -0.25) is 0 Å². The average molecular weight is 717 g/mol. The van der Waals surface area contributed by atoms with Crippen LogP contribution in [0.4, 0.5) is 0 Å². The minimum Gasteiger partial charge on any atom is -0.0732 e. The number of aryl methyl sites for hydroxylation is 1. The van der Waals surface area contributed by atoms with Crippen LogP contribution in [0.15, 0.2) is 219 Å². The molecule has 0 nitrogen and oxygen atoms in total.